The van der Waals surface area contributed by atoms with Crippen LogP contribution in [0.3, 0.4) is 0 Å². The van der Waals surface area contributed by atoms with Gasteiger partial charge in [0.2, 0.25) is 0 Å². The highest BCUT2D eigenvalue weighted by molar-refractivity contribution is 5.95. The third-order valence-electron chi connectivity index (χ3n) is 4.35. The van der Waals surface area contributed by atoms with Crippen molar-refractivity contribution in [3.05, 3.63) is 60.0 Å². The number of benzene rings is 1. The summed E-state index contributed by atoms with van der Waals surface area (Å²) in [6.07, 6.45) is 1.76. The van der Waals surface area contributed by atoms with Gasteiger partial charge in [0.1, 0.15) is 5.69 Å². The van der Waals surface area contributed by atoms with Crippen LogP contribution in [0, 0.1) is 0 Å². The van der Waals surface area contributed by atoms with Crippen LogP contribution in [0.5, 0.6) is 0 Å². The first-order valence-electron chi connectivity index (χ1n) is 7.92. The number of carbonyl (C=O) groups is 1. The van der Waals surface area contributed by atoms with Gasteiger partial charge in [-0.1, -0.05) is 24.3 Å². The number of amides is 1. The van der Waals surface area contributed by atoms with E-state index < -0.39 is 0 Å². The molecule has 1 aliphatic rings. The monoisotopic (exact) mass is 322 g/mol. The highest BCUT2D eigenvalue weighted by Crippen LogP contribution is 2.22. The lowest BCUT2D eigenvalue weighted by Crippen LogP contribution is -2.42. The molecule has 4 rings (SSSR count). The summed E-state index contributed by atoms with van der Waals surface area (Å²) in [5.74, 6) is -0.0608. The second-order valence-corrected chi connectivity index (χ2v) is 5.95. The molecule has 0 spiro atoms. The molecule has 1 atom stereocenters. The van der Waals surface area contributed by atoms with E-state index in [4.69, 9.17) is 4.74 Å². The molecule has 24 heavy (non-hydrogen) atoms. The molecule has 0 fully saturated rings. The molecule has 0 bridgehead atoms. The van der Waals surface area contributed by atoms with Gasteiger partial charge in [-0.15, -0.1) is 0 Å². The summed E-state index contributed by atoms with van der Waals surface area (Å²) in [4.78, 5) is 19.3. The van der Waals surface area contributed by atoms with Gasteiger partial charge in [-0.05, 0) is 18.2 Å². The SMILES string of the molecule is COCC1CN(C(=O)c2ccc3ccccc3n2)Cc2ccnn21. The van der Waals surface area contributed by atoms with Crippen molar-refractivity contribution in [1.82, 2.24) is 19.7 Å². The molecular weight excluding hydrogens is 304 g/mol. The van der Waals surface area contributed by atoms with Gasteiger partial charge >= 0.3 is 0 Å². The van der Waals surface area contributed by atoms with Gasteiger partial charge in [-0.25, -0.2) is 4.98 Å². The first-order valence-corrected chi connectivity index (χ1v) is 7.92. The Morgan fingerprint density at radius 2 is 2.12 bits per heavy atom. The van der Waals surface area contributed by atoms with Crippen molar-refractivity contribution in [2.24, 2.45) is 0 Å². The van der Waals surface area contributed by atoms with Gasteiger partial charge in [-0.2, -0.15) is 5.10 Å². The normalized spacial score (nSPS) is 17.0. The lowest BCUT2D eigenvalue weighted by Gasteiger charge is -2.33. The fourth-order valence-electron chi connectivity index (χ4n) is 3.21. The van der Waals surface area contributed by atoms with Crippen LogP contribution in [0.1, 0.15) is 22.2 Å². The Morgan fingerprint density at radius 1 is 1.25 bits per heavy atom. The van der Waals surface area contributed by atoms with Crippen molar-refractivity contribution in [3.63, 3.8) is 0 Å². The predicted molar refractivity (Wildman–Crippen MR) is 89.6 cm³/mol. The van der Waals surface area contributed by atoms with E-state index in [0.717, 1.165) is 16.6 Å². The molecule has 1 aromatic carbocycles. The van der Waals surface area contributed by atoms with Gasteiger partial charge in [-0.3, -0.25) is 9.48 Å². The number of fused-ring (bicyclic) bond motifs is 2. The van der Waals surface area contributed by atoms with E-state index in [2.05, 4.69) is 10.1 Å². The van der Waals surface area contributed by atoms with Crippen molar-refractivity contribution < 1.29 is 9.53 Å². The minimum Gasteiger partial charge on any atom is -0.382 e. The topological polar surface area (TPSA) is 60.2 Å². The predicted octanol–water partition coefficient (Wildman–Crippen LogP) is 2.27. The Balaban J connectivity index is 1.64. The highest BCUT2D eigenvalue weighted by Gasteiger charge is 2.29. The molecule has 1 amide bonds. The molecule has 0 saturated carbocycles. The number of carbonyl (C=O) groups excluding carboxylic acids is 1. The second kappa shape index (κ2) is 6.05. The van der Waals surface area contributed by atoms with Crippen molar-refractivity contribution in [2.75, 3.05) is 20.3 Å². The lowest BCUT2D eigenvalue weighted by molar-refractivity contribution is 0.0573. The molecular formula is C18H18N4O2. The second-order valence-electron chi connectivity index (χ2n) is 5.95. The number of pyridine rings is 1. The molecule has 1 unspecified atom stereocenters. The average molecular weight is 322 g/mol. The number of hydrogen-bond acceptors (Lipinski definition) is 4. The molecule has 0 saturated heterocycles. The smallest absolute Gasteiger partial charge is 0.272 e. The van der Waals surface area contributed by atoms with Gasteiger partial charge in [0.25, 0.3) is 5.91 Å². The summed E-state index contributed by atoms with van der Waals surface area (Å²) in [5.41, 5.74) is 2.31. The van der Waals surface area contributed by atoms with Crippen LogP contribution in [0.25, 0.3) is 10.9 Å². The van der Waals surface area contributed by atoms with Crippen LogP contribution in [-0.4, -0.2) is 45.8 Å². The zero-order valence-electron chi connectivity index (χ0n) is 13.4. The molecule has 0 aliphatic carbocycles. The zero-order chi connectivity index (χ0) is 16.5. The Morgan fingerprint density at radius 3 is 3.00 bits per heavy atom. The first kappa shape index (κ1) is 14.8. The maximum atomic E-state index is 12.9. The summed E-state index contributed by atoms with van der Waals surface area (Å²) in [7, 11) is 1.66. The minimum atomic E-state index is -0.0608. The Kier molecular flexibility index (Phi) is 3.74. The number of hydrogen-bond donors (Lipinski definition) is 0. The quantitative estimate of drug-likeness (QED) is 0.742. The number of para-hydroxylation sites is 1. The fourth-order valence-corrected chi connectivity index (χ4v) is 3.21. The zero-order valence-corrected chi connectivity index (χ0v) is 13.4. The highest BCUT2D eigenvalue weighted by atomic mass is 16.5. The summed E-state index contributed by atoms with van der Waals surface area (Å²) >= 11 is 0. The molecule has 3 heterocycles. The number of methoxy groups -OCH3 is 1. The van der Waals surface area contributed by atoms with E-state index in [1.54, 1.807) is 19.4 Å². The fraction of sp³-hybridized carbons (Fsp3) is 0.278. The number of rotatable bonds is 3. The van der Waals surface area contributed by atoms with Gasteiger partial charge < -0.3 is 9.64 Å². The van der Waals surface area contributed by atoms with Gasteiger partial charge in [0, 0.05) is 25.2 Å². The summed E-state index contributed by atoms with van der Waals surface area (Å²) in [6, 6.07) is 13.5. The minimum absolute atomic E-state index is 0.0261. The van der Waals surface area contributed by atoms with Crippen molar-refractivity contribution in [2.45, 2.75) is 12.6 Å². The average Bonchev–Trinajstić information content (AvgIpc) is 3.10. The third kappa shape index (κ3) is 2.55. The number of nitrogens with zero attached hydrogens (tertiary/aromatic N) is 4. The van der Waals surface area contributed by atoms with Crippen molar-refractivity contribution >= 4 is 16.8 Å². The van der Waals surface area contributed by atoms with Crippen molar-refractivity contribution in [1.29, 1.82) is 0 Å². The van der Waals surface area contributed by atoms with Crippen LogP contribution in [0.15, 0.2) is 48.7 Å². The van der Waals surface area contributed by atoms with E-state index in [-0.39, 0.29) is 11.9 Å². The lowest BCUT2D eigenvalue weighted by atomic mass is 10.1. The summed E-state index contributed by atoms with van der Waals surface area (Å²) < 4.78 is 7.23. The van der Waals surface area contributed by atoms with Crippen LogP contribution in [0.4, 0.5) is 0 Å². The van der Waals surface area contributed by atoms with Crippen LogP contribution in [-0.2, 0) is 11.3 Å². The Labute approximate surface area is 139 Å². The van der Waals surface area contributed by atoms with E-state index in [1.807, 2.05) is 46.0 Å². The molecule has 1 aliphatic heterocycles. The first-order chi connectivity index (χ1) is 11.8. The van der Waals surface area contributed by atoms with Gasteiger partial charge in [0.05, 0.1) is 30.4 Å². The maximum absolute atomic E-state index is 12.9. The molecule has 2 aromatic heterocycles. The molecule has 122 valence electrons. The third-order valence-corrected chi connectivity index (χ3v) is 4.35. The Hall–Kier alpha value is -2.73. The standard InChI is InChI=1S/C18H18N4O2/c1-24-12-15-11-21(10-14-8-9-19-22(14)15)18(23)17-7-6-13-4-2-3-5-16(13)20-17/h2-9,15H,10-12H2,1H3. The van der Waals surface area contributed by atoms with Gasteiger partial charge in [0.15, 0.2) is 0 Å². The van der Waals surface area contributed by atoms with Crippen molar-refractivity contribution in [3.8, 4) is 0 Å². The van der Waals surface area contributed by atoms with E-state index >= 15 is 0 Å². The van der Waals surface area contributed by atoms with E-state index in [1.165, 1.54) is 0 Å². The molecule has 0 radical (unpaired) electrons. The molecule has 6 heteroatoms. The Bertz CT molecular complexity index is 889. The molecule has 6 nitrogen and oxygen atoms in total. The molecule has 3 aromatic rings. The van der Waals surface area contributed by atoms with Crippen LogP contribution < -0.4 is 0 Å². The molecule has 0 N–H and O–H groups in total. The number of ether oxygens (including phenoxy) is 1. The largest absolute Gasteiger partial charge is 0.382 e. The van der Waals surface area contributed by atoms with Crippen LogP contribution >= 0.6 is 0 Å². The van der Waals surface area contributed by atoms with E-state index in [9.17, 15) is 4.79 Å². The summed E-state index contributed by atoms with van der Waals surface area (Å²) in [6.45, 7) is 1.62. The summed E-state index contributed by atoms with van der Waals surface area (Å²) in [5, 5.41) is 5.38. The van der Waals surface area contributed by atoms with Crippen LogP contribution in [0.2, 0.25) is 0 Å². The van der Waals surface area contributed by atoms with E-state index in [0.29, 0.717) is 25.4 Å². The number of aromatic nitrogens is 3. The maximum Gasteiger partial charge on any atom is 0.272 e.